The zero-order valence-electron chi connectivity index (χ0n) is 14.1. The monoisotopic (exact) mass is 314 g/mol. The first kappa shape index (κ1) is 16.1. The minimum Gasteiger partial charge on any atom is -0.464 e. The molecule has 1 atom stereocenters. The molecule has 1 amide bonds. The van der Waals surface area contributed by atoms with Gasteiger partial charge in [0.2, 0.25) is 5.91 Å². The van der Waals surface area contributed by atoms with Gasteiger partial charge >= 0.3 is 0 Å². The first-order valence-corrected chi connectivity index (χ1v) is 8.59. The number of fused-ring (bicyclic) bond motifs is 1. The van der Waals surface area contributed by atoms with Gasteiger partial charge in [0.25, 0.3) is 0 Å². The highest BCUT2D eigenvalue weighted by Gasteiger charge is 2.15. The first-order valence-electron chi connectivity index (χ1n) is 8.59. The van der Waals surface area contributed by atoms with Crippen LogP contribution in [0.2, 0.25) is 0 Å². The van der Waals surface area contributed by atoms with Crippen molar-refractivity contribution in [2.75, 3.05) is 19.6 Å². The number of hydrogen-bond donors (Lipinski definition) is 2. The highest BCUT2D eigenvalue weighted by atomic mass is 16.3. The zero-order valence-corrected chi connectivity index (χ0v) is 14.1. The van der Waals surface area contributed by atoms with E-state index in [2.05, 4.69) is 36.6 Å². The number of carbonyl (C=O) groups excluding carboxylic acids is 1. The summed E-state index contributed by atoms with van der Waals surface area (Å²) < 4.78 is 5.67. The lowest BCUT2D eigenvalue weighted by atomic mass is 9.96. The van der Waals surface area contributed by atoms with Crippen LogP contribution in [-0.4, -0.2) is 25.5 Å². The lowest BCUT2D eigenvalue weighted by molar-refractivity contribution is -0.120. The second kappa shape index (κ2) is 7.18. The number of nitrogens with one attached hydrogen (secondary N) is 2. The molecule has 0 saturated carbocycles. The predicted molar refractivity (Wildman–Crippen MR) is 92.6 cm³/mol. The van der Waals surface area contributed by atoms with E-state index in [1.165, 1.54) is 18.4 Å². The minimum atomic E-state index is 0.0784. The van der Waals surface area contributed by atoms with Crippen molar-refractivity contribution in [1.29, 1.82) is 0 Å². The average molecular weight is 314 g/mol. The van der Waals surface area contributed by atoms with Gasteiger partial charge in [-0.3, -0.25) is 4.79 Å². The normalized spacial score (nSPS) is 18.3. The van der Waals surface area contributed by atoms with E-state index in [-0.39, 0.29) is 5.91 Å². The lowest BCUT2D eigenvalue weighted by Crippen LogP contribution is -2.33. The van der Waals surface area contributed by atoms with Gasteiger partial charge in [-0.15, -0.1) is 0 Å². The largest absolute Gasteiger partial charge is 0.464 e. The summed E-state index contributed by atoms with van der Waals surface area (Å²) in [6, 6.07) is 4.14. The SMILES string of the molecule is Cc1ccc2c(CC(=O)NCCC3CCCNC3)coc2c1C. The van der Waals surface area contributed by atoms with E-state index in [1.54, 1.807) is 6.26 Å². The number of benzene rings is 1. The summed E-state index contributed by atoms with van der Waals surface area (Å²) in [7, 11) is 0. The van der Waals surface area contributed by atoms with Crippen LogP contribution in [0, 0.1) is 19.8 Å². The van der Waals surface area contributed by atoms with Crippen LogP contribution in [0.15, 0.2) is 22.8 Å². The van der Waals surface area contributed by atoms with E-state index in [4.69, 9.17) is 4.42 Å². The molecule has 0 bridgehead atoms. The fourth-order valence-electron chi connectivity index (χ4n) is 3.35. The third-order valence-corrected chi connectivity index (χ3v) is 4.97. The van der Waals surface area contributed by atoms with Gasteiger partial charge in [-0.2, -0.15) is 0 Å². The van der Waals surface area contributed by atoms with Crippen molar-refractivity contribution >= 4 is 16.9 Å². The summed E-state index contributed by atoms with van der Waals surface area (Å²) in [6.07, 6.45) is 5.69. The Kier molecular flexibility index (Phi) is 5.01. The molecule has 1 unspecified atom stereocenters. The van der Waals surface area contributed by atoms with Crippen LogP contribution in [0.5, 0.6) is 0 Å². The van der Waals surface area contributed by atoms with Gasteiger partial charge in [-0.25, -0.2) is 0 Å². The quantitative estimate of drug-likeness (QED) is 0.891. The Morgan fingerprint density at radius 3 is 3.04 bits per heavy atom. The number of amides is 1. The summed E-state index contributed by atoms with van der Waals surface area (Å²) in [5.74, 6) is 0.777. The van der Waals surface area contributed by atoms with E-state index in [9.17, 15) is 4.79 Å². The maximum absolute atomic E-state index is 12.2. The van der Waals surface area contributed by atoms with Gasteiger partial charge < -0.3 is 15.1 Å². The van der Waals surface area contributed by atoms with Crippen molar-refractivity contribution in [3.05, 3.63) is 35.1 Å². The molecular formula is C19H26N2O2. The molecular weight excluding hydrogens is 288 g/mol. The fraction of sp³-hybridized carbons (Fsp3) is 0.526. The van der Waals surface area contributed by atoms with Crippen LogP contribution >= 0.6 is 0 Å². The number of furan rings is 1. The maximum Gasteiger partial charge on any atom is 0.224 e. The highest BCUT2D eigenvalue weighted by molar-refractivity contribution is 5.89. The Hall–Kier alpha value is -1.81. The molecule has 124 valence electrons. The van der Waals surface area contributed by atoms with Crippen molar-refractivity contribution in [3.63, 3.8) is 0 Å². The van der Waals surface area contributed by atoms with Gasteiger partial charge in [-0.1, -0.05) is 12.1 Å². The molecule has 3 rings (SSSR count). The van der Waals surface area contributed by atoms with Gasteiger partial charge in [0.05, 0.1) is 12.7 Å². The molecule has 0 spiro atoms. The summed E-state index contributed by atoms with van der Waals surface area (Å²) in [4.78, 5) is 12.2. The zero-order chi connectivity index (χ0) is 16.2. The smallest absolute Gasteiger partial charge is 0.224 e. The molecule has 1 saturated heterocycles. The molecule has 4 heteroatoms. The average Bonchev–Trinajstić information content (AvgIpc) is 2.95. The Bertz CT molecular complexity index is 684. The number of piperidine rings is 1. The molecule has 0 aliphatic carbocycles. The van der Waals surface area contributed by atoms with Crippen molar-refractivity contribution in [1.82, 2.24) is 10.6 Å². The van der Waals surface area contributed by atoms with E-state index in [0.29, 0.717) is 12.3 Å². The molecule has 2 heterocycles. The van der Waals surface area contributed by atoms with Crippen LogP contribution in [0.1, 0.15) is 36.0 Å². The van der Waals surface area contributed by atoms with E-state index in [0.717, 1.165) is 48.2 Å². The number of rotatable bonds is 5. The van der Waals surface area contributed by atoms with Gasteiger partial charge in [0.15, 0.2) is 0 Å². The van der Waals surface area contributed by atoms with Crippen LogP contribution in [0.3, 0.4) is 0 Å². The van der Waals surface area contributed by atoms with Gasteiger partial charge in [0.1, 0.15) is 5.58 Å². The summed E-state index contributed by atoms with van der Waals surface area (Å²) in [6.45, 7) is 7.11. The molecule has 1 aliphatic rings. The number of carbonyl (C=O) groups is 1. The predicted octanol–water partition coefficient (Wildman–Crippen LogP) is 3.10. The van der Waals surface area contributed by atoms with Gasteiger partial charge in [-0.05, 0) is 63.2 Å². The van der Waals surface area contributed by atoms with E-state index >= 15 is 0 Å². The summed E-state index contributed by atoms with van der Waals surface area (Å²) in [5, 5.41) is 7.52. The molecule has 1 aromatic carbocycles. The molecule has 2 N–H and O–H groups in total. The van der Waals surface area contributed by atoms with Crippen LogP contribution in [-0.2, 0) is 11.2 Å². The van der Waals surface area contributed by atoms with Crippen molar-refractivity contribution < 1.29 is 9.21 Å². The topological polar surface area (TPSA) is 54.3 Å². The number of hydrogen-bond acceptors (Lipinski definition) is 3. The third kappa shape index (κ3) is 3.75. The molecule has 2 aromatic rings. The Labute approximate surface area is 137 Å². The minimum absolute atomic E-state index is 0.0784. The van der Waals surface area contributed by atoms with Crippen LogP contribution in [0.25, 0.3) is 11.0 Å². The van der Waals surface area contributed by atoms with Crippen LogP contribution in [0.4, 0.5) is 0 Å². The second-order valence-corrected chi connectivity index (χ2v) is 6.67. The fourth-order valence-corrected chi connectivity index (χ4v) is 3.35. The molecule has 1 aliphatic heterocycles. The van der Waals surface area contributed by atoms with Crippen molar-refractivity contribution in [2.24, 2.45) is 5.92 Å². The molecule has 1 aromatic heterocycles. The Morgan fingerprint density at radius 2 is 2.26 bits per heavy atom. The molecule has 4 nitrogen and oxygen atoms in total. The Morgan fingerprint density at radius 1 is 1.39 bits per heavy atom. The summed E-state index contributed by atoms with van der Waals surface area (Å²) >= 11 is 0. The maximum atomic E-state index is 12.2. The molecule has 1 fully saturated rings. The standard InChI is InChI=1S/C19H26N2O2/c1-13-5-6-17-16(12-23-19(17)14(13)2)10-18(22)21-9-7-15-4-3-8-20-11-15/h5-6,12,15,20H,3-4,7-11H2,1-2H3,(H,21,22). The third-order valence-electron chi connectivity index (χ3n) is 4.97. The summed E-state index contributed by atoms with van der Waals surface area (Å²) in [5.41, 5.74) is 4.24. The first-order chi connectivity index (χ1) is 11.1. The molecule has 23 heavy (non-hydrogen) atoms. The lowest BCUT2D eigenvalue weighted by Gasteiger charge is -2.22. The van der Waals surface area contributed by atoms with Crippen molar-refractivity contribution in [3.8, 4) is 0 Å². The van der Waals surface area contributed by atoms with Crippen molar-refractivity contribution in [2.45, 2.75) is 39.5 Å². The van der Waals surface area contributed by atoms with Gasteiger partial charge in [0, 0.05) is 17.5 Å². The van der Waals surface area contributed by atoms with Crippen LogP contribution < -0.4 is 10.6 Å². The number of aryl methyl sites for hydroxylation is 2. The molecule has 0 radical (unpaired) electrons. The highest BCUT2D eigenvalue weighted by Crippen LogP contribution is 2.26. The van der Waals surface area contributed by atoms with E-state index < -0.39 is 0 Å². The van der Waals surface area contributed by atoms with E-state index in [1.807, 2.05) is 0 Å². The Balaban J connectivity index is 1.54. The second-order valence-electron chi connectivity index (χ2n) is 6.67.